The SMILES string of the molecule is CC(C)(C)c1cnc(C(=O)N(CCO)Cc2cccnc2)o1. The van der Waals surface area contributed by atoms with Crippen molar-refractivity contribution in [1.82, 2.24) is 14.9 Å². The summed E-state index contributed by atoms with van der Waals surface area (Å²) in [5, 5.41) is 9.18. The number of rotatable bonds is 5. The summed E-state index contributed by atoms with van der Waals surface area (Å²) < 4.78 is 5.58. The maximum Gasteiger partial charge on any atom is 0.310 e. The molecule has 0 bridgehead atoms. The summed E-state index contributed by atoms with van der Waals surface area (Å²) in [4.78, 5) is 22.1. The molecule has 0 fully saturated rings. The maximum atomic E-state index is 12.5. The quantitative estimate of drug-likeness (QED) is 0.914. The third-order valence-corrected chi connectivity index (χ3v) is 3.18. The highest BCUT2D eigenvalue weighted by atomic mass is 16.4. The van der Waals surface area contributed by atoms with Crippen LogP contribution in [-0.4, -0.2) is 39.0 Å². The van der Waals surface area contributed by atoms with E-state index in [1.807, 2.05) is 26.8 Å². The topological polar surface area (TPSA) is 79.5 Å². The van der Waals surface area contributed by atoms with Gasteiger partial charge in [0.25, 0.3) is 5.89 Å². The van der Waals surface area contributed by atoms with Crippen LogP contribution in [0.2, 0.25) is 0 Å². The maximum absolute atomic E-state index is 12.5. The van der Waals surface area contributed by atoms with Crippen LogP contribution in [0.25, 0.3) is 0 Å². The van der Waals surface area contributed by atoms with Gasteiger partial charge in [-0.2, -0.15) is 0 Å². The van der Waals surface area contributed by atoms with Gasteiger partial charge < -0.3 is 14.4 Å². The molecule has 0 aliphatic heterocycles. The molecule has 2 aromatic rings. The van der Waals surface area contributed by atoms with Crippen LogP contribution in [0.5, 0.6) is 0 Å². The highest BCUT2D eigenvalue weighted by Gasteiger charge is 2.25. The molecule has 2 heterocycles. The van der Waals surface area contributed by atoms with E-state index in [0.29, 0.717) is 12.3 Å². The van der Waals surface area contributed by atoms with Crippen LogP contribution in [0.1, 0.15) is 42.8 Å². The van der Waals surface area contributed by atoms with Crippen LogP contribution < -0.4 is 0 Å². The van der Waals surface area contributed by atoms with Gasteiger partial charge in [-0.1, -0.05) is 26.8 Å². The fraction of sp³-hybridized carbons (Fsp3) is 0.438. The Kier molecular flexibility index (Phi) is 4.92. The third-order valence-electron chi connectivity index (χ3n) is 3.18. The third kappa shape index (κ3) is 3.92. The Balaban J connectivity index is 2.17. The van der Waals surface area contributed by atoms with E-state index in [1.54, 1.807) is 24.7 Å². The van der Waals surface area contributed by atoms with E-state index in [0.717, 1.165) is 5.56 Å². The molecule has 0 saturated heterocycles. The Bertz CT molecular complexity index is 617. The van der Waals surface area contributed by atoms with Gasteiger partial charge in [0.05, 0.1) is 12.8 Å². The van der Waals surface area contributed by atoms with Gasteiger partial charge in [0, 0.05) is 30.9 Å². The summed E-state index contributed by atoms with van der Waals surface area (Å²) in [5.74, 6) is 0.358. The van der Waals surface area contributed by atoms with E-state index in [2.05, 4.69) is 9.97 Å². The zero-order valence-corrected chi connectivity index (χ0v) is 13.1. The molecule has 0 saturated carbocycles. The number of aliphatic hydroxyl groups excluding tert-OH is 1. The van der Waals surface area contributed by atoms with E-state index >= 15 is 0 Å². The summed E-state index contributed by atoms with van der Waals surface area (Å²) in [7, 11) is 0. The number of aliphatic hydroxyl groups is 1. The van der Waals surface area contributed by atoms with Crippen molar-refractivity contribution >= 4 is 5.91 Å². The number of aromatic nitrogens is 2. The number of nitrogens with zero attached hydrogens (tertiary/aromatic N) is 3. The van der Waals surface area contributed by atoms with E-state index in [-0.39, 0.29) is 30.4 Å². The standard InChI is InChI=1S/C16H21N3O3/c1-16(2,3)13-10-18-14(22-13)15(21)19(7-8-20)11-12-5-4-6-17-9-12/h4-6,9-10,20H,7-8,11H2,1-3H3. The lowest BCUT2D eigenvalue weighted by Gasteiger charge is -2.20. The molecule has 0 atom stereocenters. The molecule has 2 rings (SSSR count). The fourth-order valence-electron chi connectivity index (χ4n) is 1.94. The second-order valence-electron chi connectivity index (χ2n) is 6.09. The Hall–Kier alpha value is -2.21. The van der Waals surface area contributed by atoms with Crippen LogP contribution in [-0.2, 0) is 12.0 Å². The van der Waals surface area contributed by atoms with E-state index < -0.39 is 0 Å². The van der Waals surface area contributed by atoms with Gasteiger partial charge in [0.15, 0.2) is 0 Å². The van der Waals surface area contributed by atoms with Gasteiger partial charge in [-0.25, -0.2) is 4.98 Å². The van der Waals surface area contributed by atoms with E-state index in [4.69, 9.17) is 4.42 Å². The van der Waals surface area contributed by atoms with Crippen molar-refractivity contribution in [3.05, 3.63) is 47.9 Å². The highest BCUT2D eigenvalue weighted by molar-refractivity contribution is 5.89. The molecular weight excluding hydrogens is 282 g/mol. The molecule has 118 valence electrons. The van der Waals surface area contributed by atoms with Crippen molar-refractivity contribution in [2.45, 2.75) is 32.7 Å². The molecule has 0 aliphatic carbocycles. The lowest BCUT2D eigenvalue weighted by Crippen LogP contribution is -2.33. The molecule has 0 radical (unpaired) electrons. The first-order valence-corrected chi connectivity index (χ1v) is 7.17. The fourth-order valence-corrected chi connectivity index (χ4v) is 1.94. The van der Waals surface area contributed by atoms with Crippen molar-refractivity contribution in [1.29, 1.82) is 0 Å². The molecule has 6 heteroatoms. The summed E-state index contributed by atoms with van der Waals surface area (Å²) in [6.45, 7) is 6.40. The smallest absolute Gasteiger partial charge is 0.310 e. The van der Waals surface area contributed by atoms with Crippen LogP contribution >= 0.6 is 0 Å². The van der Waals surface area contributed by atoms with Crippen LogP contribution in [0.4, 0.5) is 0 Å². The number of carbonyl (C=O) groups is 1. The predicted molar refractivity (Wildman–Crippen MR) is 81.3 cm³/mol. The Morgan fingerprint density at radius 3 is 2.68 bits per heavy atom. The lowest BCUT2D eigenvalue weighted by atomic mass is 9.94. The van der Waals surface area contributed by atoms with Crippen molar-refractivity contribution in [3.8, 4) is 0 Å². The minimum Gasteiger partial charge on any atom is -0.437 e. The van der Waals surface area contributed by atoms with Gasteiger partial charge in [0.2, 0.25) is 0 Å². The average molecular weight is 303 g/mol. The van der Waals surface area contributed by atoms with Gasteiger partial charge >= 0.3 is 5.91 Å². The van der Waals surface area contributed by atoms with Crippen LogP contribution in [0.3, 0.4) is 0 Å². The van der Waals surface area contributed by atoms with E-state index in [9.17, 15) is 9.90 Å². The zero-order chi connectivity index (χ0) is 16.2. The summed E-state index contributed by atoms with van der Waals surface area (Å²) in [6, 6.07) is 3.68. The Morgan fingerprint density at radius 2 is 2.14 bits per heavy atom. The van der Waals surface area contributed by atoms with Crippen LogP contribution in [0, 0.1) is 0 Å². The van der Waals surface area contributed by atoms with Crippen molar-refractivity contribution in [2.24, 2.45) is 0 Å². The van der Waals surface area contributed by atoms with Crippen LogP contribution in [0.15, 0.2) is 35.1 Å². The molecule has 0 aromatic carbocycles. The number of carbonyl (C=O) groups excluding carboxylic acids is 1. The van der Waals surface area contributed by atoms with E-state index in [1.165, 1.54) is 4.90 Å². The van der Waals surface area contributed by atoms with Gasteiger partial charge in [0.1, 0.15) is 5.76 Å². The molecule has 22 heavy (non-hydrogen) atoms. The van der Waals surface area contributed by atoms with Crippen molar-refractivity contribution in [2.75, 3.05) is 13.2 Å². The normalized spacial score (nSPS) is 11.5. The molecule has 1 N–H and O–H groups in total. The largest absolute Gasteiger partial charge is 0.437 e. The Labute approximate surface area is 129 Å². The number of oxazole rings is 1. The lowest BCUT2D eigenvalue weighted by molar-refractivity contribution is 0.0664. The van der Waals surface area contributed by atoms with Crippen molar-refractivity contribution < 1.29 is 14.3 Å². The first kappa shape index (κ1) is 16.2. The molecule has 2 aromatic heterocycles. The second-order valence-corrected chi connectivity index (χ2v) is 6.09. The summed E-state index contributed by atoms with van der Waals surface area (Å²) in [5.41, 5.74) is 0.670. The summed E-state index contributed by atoms with van der Waals surface area (Å²) in [6.07, 6.45) is 4.94. The first-order valence-electron chi connectivity index (χ1n) is 7.17. The number of amides is 1. The molecule has 1 amide bonds. The van der Waals surface area contributed by atoms with Gasteiger partial charge in [-0.15, -0.1) is 0 Å². The second kappa shape index (κ2) is 6.70. The monoisotopic (exact) mass is 303 g/mol. The van der Waals surface area contributed by atoms with Gasteiger partial charge in [-0.05, 0) is 11.6 Å². The molecule has 0 unspecified atom stereocenters. The minimum atomic E-state index is -0.339. The molecule has 6 nitrogen and oxygen atoms in total. The number of pyridine rings is 1. The molecule has 0 spiro atoms. The number of hydrogen-bond acceptors (Lipinski definition) is 5. The Morgan fingerprint density at radius 1 is 1.36 bits per heavy atom. The number of hydrogen-bond donors (Lipinski definition) is 1. The minimum absolute atomic E-state index is 0.0438. The predicted octanol–water partition coefficient (Wildman–Crippen LogP) is 2.00. The highest BCUT2D eigenvalue weighted by Crippen LogP contribution is 2.23. The zero-order valence-electron chi connectivity index (χ0n) is 13.1. The molecule has 0 aliphatic rings. The van der Waals surface area contributed by atoms with Gasteiger partial charge in [-0.3, -0.25) is 9.78 Å². The molecular formula is C16H21N3O3. The first-order chi connectivity index (χ1) is 10.4. The van der Waals surface area contributed by atoms with Crippen molar-refractivity contribution in [3.63, 3.8) is 0 Å². The average Bonchev–Trinajstić information content (AvgIpc) is 2.97. The summed E-state index contributed by atoms with van der Waals surface area (Å²) >= 11 is 0.